The molecule has 2 aromatic heterocycles. The zero-order valence-corrected chi connectivity index (χ0v) is 21.9. The van der Waals surface area contributed by atoms with Crippen molar-refractivity contribution in [1.29, 1.82) is 0 Å². The maximum Gasteiger partial charge on any atom is 0.256 e. The Morgan fingerprint density at radius 2 is 2.11 bits per heavy atom. The number of aryl methyl sites for hydroxylation is 1. The van der Waals surface area contributed by atoms with Gasteiger partial charge in [0.2, 0.25) is 0 Å². The second-order valence-electron chi connectivity index (χ2n) is 10.9. The van der Waals surface area contributed by atoms with Crippen molar-refractivity contribution in [3.63, 3.8) is 0 Å². The fourth-order valence-corrected chi connectivity index (χ4v) is 5.93. The molecule has 7 heteroatoms. The summed E-state index contributed by atoms with van der Waals surface area (Å²) in [5, 5.41) is 4.75. The first kappa shape index (κ1) is 24.9. The Kier molecular flexibility index (Phi) is 7.13. The summed E-state index contributed by atoms with van der Waals surface area (Å²) >= 11 is 0. The highest BCUT2D eigenvalue weighted by Gasteiger charge is 2.30. The molecule has 192 valence electrons. The molecule has 1 aromatic carbocycles. The van der Waals surface area contributed by atoms with Gasteiger partial charge in [0.05, 0.1) is 23.0 Å². The summed E-state index contributed by atoms with van der Waals surface area (Å²) in [7, 11) is 1.76. The number of piperidine rings is 1. The number of nitrogens with zero attached hydrogens (tertiary/aromatic N) is 4. The average molecular weight is 492 g/mol. The lowest BCUT2D eigenvalue weighted by Crippen LogP contribution is -2.44. The number of carbonyl (C=O) groups excluding carboxylic acids is 1. The Bertz CT molecular complexity index is 1250. The molecule has 2 saturated heterocycles. The summed E-state index contributed by atoms with van der Waals surface area (Å²) in [6.07, 6.45) is 10.7. The quantitative estimate of drug-likeness (QED) is 0.549. The molecule has 0 radical (unpaired) electrons. The van der Waals surface area contributed by atoms with Gasteiger partial charge in [0.15, 0.2) is 0 Å². The van der Waals surface area contributed by atoms with E-state index in [1.165, 1.54) is 42.3 Å². The second kappa shape index (κ2) is 10.3. The molecule has 1 N–H and O–H groups in total. The van der Waals surface area contributed by atoms with E-state index in [-0.39, 0.29) is 11.9 Å². The topological polar surface area (TPSA) is 53.4 Å². The number of rotatable bonds is 6. The number of fused-ring (bicyclic) bond motifs is 1. The summed E-state index contributed by atoms with van der Waals surface area (Å²) in [5.41, 5.74) is 4.43. The van der Waals surface area contributed by atoms with E-state index in [0.29, 0.717) is 23.2 Å². The fraction of sp³-hybridized carbons (Fsp3) is 0.517. The lowest BCUT2D eigenvalue weighted by molar-refractivity contribution is 0.0754. The molecule has 0 aliphatic carbocycles. The summed E-state index contributed by atoms with van der Waals surface area (Å²) in [6.45, 7) is 10.5. The van der Waals surface area contributed by atoms with E-state index in [1.807, 2.05) is 30.8 Å². The van der Waals surface area contributed by atoms with Gasteiger partial charge >= 0.3 is 0 Å². The van der Waals surface area contributed by atoms with Gasteiger partial charge in [-0.15, -0.1) is 0 Å². The van der Waals surface area contributed by atoms with Crippen LogP contribution in [-0.4, -0.2) is 70.6 Å². The molecule has 2 fully saturated rings. The van der Waals surface area contributed by atoms with Gasteiger partial charge in [-0.3, -0.25) is 14.7 Å². The second-order valence-corrected chi connectivity index (χ2v) is 10.9. The number of hydrogen-bond donors (Lipinski definition) is 1. The molecule has 3 aromatic rings. The first-order valence-corrected chi connectivity index (χ1v) is 13.3. The Balaban J connectivity index is 1.50. The van der Waals surface area contributed by atoms with E-state index >= 15 is 0 Å². The molecule has 6 nitrogen and oxygen atoms in total. The third-order valence-corrected chi connectivity index (χ3v) is 8.14. The van der Waals surface area contributed by atoms with Crippen LogP contribution in [0.4, 0.5) is 4.39 Å². The minimum absolute atomic E-state index is 0.0131. The highest BCUT2D eigenvalue weighted by Crippen LogP contribution is 2.33. The lowest BCUT2D eigenvalue weighted by Gasteiger charge is -2.31. The Morgan fingerprint density at radius 3 is 2.86 bits per heavy atom. The number of carbonyl (C=O) groups is 1. The van der Waals surface area contributed by atoms with Crippen molar-refractivity contribution in [2.75, 3.05) is 33.2 Å². The molecule has 4 heterocycles. The molecule has 0 saturated carbocycles. The Labute approximate surface area is 213 Å². The summed E-state index contributed by atoms with van der Waals surface area (Å²) in [5.74, 6) is 0.00414. The summed E-state index contributed by atoms with van der Waals surface area (Å²) in [4.78, 5) is 22.1. The highest BCUT2D eigenvalue weighted by molar-refractivity contribution is 5.99. The maximum absolute atomic E-state index is 14.3. The number of amides is 1. The predicted octanol–water partition coefficient (Wildman–Crippen LogP) is 4.57. The number of likely N-dealkylation sites (tertiary alicyclic amines) is 1. The van der Waals surface area contributed by atoms with E-state index in [9.17, 15) is 9.18 Å². The Hall–Kier alpha value is -2.77. The first-order valence-electron chi connectivity index (χ1n) is 13.3. The van der Waals surface area contributed by atoms with Gasteiger partial charge < -0.3 is 14.8 Å². The average Bonchev–Trinajstić information content (AvgIpc) is 3.49. The molecular formula is C29H38FN5O. The van der Waals surface area contributed by atoms with Crippen LogP contribution in [0.5, 0.6) is 0 Å². The number of nitrogens with one attached hydrogen (secondary N) is 1. The van der Waals surface area contributed by atoms with E-state index in [1.54, 1.807) is 18.0 Å². The summed E-state index contributed by atoms with van der Waals surface area (Å²) in [6, 6.07) is 5.18. The minimum Gasteiger partial charge on any atom is -0.339 e. The van der Waals surface area contributed by atoms with Gasteiger partial charge in [0.25, 0.3) is 5.91 Å². The van der Waals surface area contributed by atoms with Gasteiger partial charge in [-0.1, -0.05) is 0 Å². The molecular weight excluding hydrogens is 453 g/mol. The molecule has 1 unspecified atom stereocenters. The highest BCUT2D eigenvalue weighted by atomic mass is 19.1. The zero-order valence-electron chi connectivity index (χ0n) is 21.9. The van der Waals surface area contributed by atoms with Crippen LogP contribution in [0.1, 0.15) is 54.6 Å². The lowest BCUT2D eigenvalue weighted by atomic mass is 9.97. The summed E-state index contributed by atoms with van der Waals surface area (Å²) < 4.78 is 16.4. The smallest absolute Gasteiger partial charge is 0.256 e. The third-order valence-electron chi connectivity index (χ3n) is 8.14. The number of benzene rings is 1. The van der Waals surface area contributed by atoms with Crippen LogP contribution in [0.25, 0.3) is 16.6 Å². The Morgan fingerprint density at radius 1 is 1.28 bits per heavy atom. The first-order chi connectivity index (χ1) is 17.3. The van der Waals surface area contributed by atoms with Crippen molar-refractivity contribution in [3.8, 4) is 5.69 Å². The van der Waals surface area contributed by atoms with Crippen LogP contribution in [0, 0.1) is 18.7 Å². The number of pyridine rings is 1. The van der Waals surface area contributed by atoms with Crippen molar-refractivity contribution in [2.24, 2.45) is 5.92 Å². The molecule has 0 spiro atoms. The predicted molar refractivity (Wildman–Crippen MR) is 142 cm³/mol. The standard InChI is InChI=1S/C29H38FN5O/c1-19(2)33(4)29(36)25-13-23(30)7-8-26(25)35-18-22(28-20(3)14-32-16-27(28)35)12-21-9-11-34(17-21)24-6-5-10-31-15-24/h7-8,13-14,16,18-19,21,24,31H,5-6,9-12,15,17H2,1-4H3/t21-,24?/m0/s1. The molecule has 2 aliphatic heterocycles. The van der Waals surface area contributed by atoms with Crippen LogP contribution in [0.3, 0.4) is 0 Å². The van der Waals surface area contributed by atoms with Crippen molar-refractivity contribution >= 4 is 16.8 Å². The maximum atomic E-state index is 14.3. The SMILES string of the molecule is Cc1cncc2c1c(C[C@@H]1CCN(C3CCCNC3)C1)cn2-c1ccc(F)cc1C(=O)N(C)C(C)C. The molecule has 1 amide bonds. The molecule has 2 aliphatic rings. The number of halogens is 1. The van der Waals surface area contributed by atoms with Crippen molar-refractivity contribution in [2.45, 2.75) is 58.5 Å². The minimum atomic E-state index is -0.409. The molecule has 2 atom stereocenters. The number of aromatic nitrogens is 2. The van der Waals surface area contributed by atoms with E-state index < -0.39 is 5.82 Å². The fourth-order valence-electron chi connectivity index (χ4n) is 5.93. The largest absolute Gasteiger partial charge is 0.339 e. The van der Waals surface area contributed by atoms with E-state index in [2.05, 4.69) is 28.3 Å². The number of hydrogen-bond acceptors (Lipinski definition) is 4. The molecule has 5 rings (SSSR count). The van der Waals surface area contributed by atoms with E-state index in [0.717, 1.165) is 43.7 Å². The van der Waals surface area contributed by atoms with Gasteiger partial charge in [-0.05, 0) is 94.8 Å². The van der Waals surface area contributed by atoms with Crippen molar-refractivity contribution in [3.05, 3.63) is 59.3 Å². The molecule has 0 bridgehead atoms. The van der Waals surface area contributed by atoms with Gasteiger partial charge in [0.1, 0.15) is 5.82 Å². The van der Waals surface area contributed by atoms with Crippen LogP contribution in [-0.2, 0) is 6.42 Å². The van der Waals surface area contributed by atoms with Gasteiger partial charge in [-0.2, -0.15) is 0 Å². The van der Waals surface area contributed by atoms with Crippen molar-refractivity contribution < 1.29 is 9.18 Å². The van der Waals surface area contributed by atoms with Crippen LogP contribution in [0.15, 0.2) is 36.8 Å². The van der Waals surface area contributed by atoms with Crippen LogP contribution >= 0.6 is 0 Å². The van der Waals surface area contributed by atoms with Crippen LogP contribution < -0.4 is 5.32 Å². The third kappa shape index (κ3) is 4.78. The van der Waals surface area contributed by atoms with Gasteiger partial charge in [0, 0.05) is 50.0 Å². The van der Waals surface area contributed by atoms with Crippen molar-refractivity contribution in [1.82, 2.24) is 24.7 Å². The molecule has 36 heavy (non-hydrogen) atoms. The van der Waals surface area contributed by atoms with E-state index in [4.69, 9.17) is 0 Å². The van der Waals surface area contributed by atoms with Gasteiger partial charge in [-0.25, -0.2) is 4.39 Å². The van der Waals surface area contributed by atoms with Crippen LogP contribution in [0.2, 0.25) is 0 Å². The zero-order chi connectivity index (χ0) is 25.4. The normalized spacial score (nSPS) is 20.9. The monoisotopic (exact) mass is 491 g/mol.